The molecule has 0 aliphatic heterocycles. The van der Waals surface area contributed by atoms with E-state index in [1.54, 1.807) is 4.90 Å². The Morgan fingerprint density at radius 1 is 0.935 bits per heavy atom. The first-order valence-corrected chi connectivity index (χ1v) is 11.7. The highest BCUT2D eigenvalue weighted by Gasteiger charge is 2.22. The smallest absolute Gasteiger partial charge is 0.118 e. The molecule has 0 radical (unpaired) electrons. The first-order valence-electron chi connectivity index (χ1n) is 11.7. The van der Waals surface area contributed by atoms with E-state index in [1.165, 1.54) is 61.0 Å². The minimum atomic E-state index is 0.804. The van der Waals surface area contributed by atoms with Crippen LogP contribution in [0.2, 0.25) is 0 Å². The van der Waals surface area contributed by atoms with Gasteiger partial charge in [-0.1, -0.05) is 67.3 Å². The fourth-order valence-corrected chi connectivity index (χ4v) is 4.97. The molecule has 0 saturated heterocycles. The average molecular weight is 413 g/mol. The maximum absolute atomic E-state index is 9.57. The maximum atomic E-state index is 9.57. The van der Waals surface area contributed by atoms with Gasteiger partial charge in [0, 0.05) is 24.2 Å². The van der Waals surface area contributed by atoms with Crippen molar-refractivity contribution < 1.29 is 4.90 Å². The molecular formula is C28H34N3+. The van der Waals surface area contributed by atoms with Crippen LogP contribution in [0, 0.1) is 24.2 Å². The van der Waals surface area contributed by atoms with E-state index < -0.39 is 0 Å². The van der Waals surface area contributed by atoms with E-state index in [2.05, 4.69) is 72.3 Å². The molecule has 4 rings (SSSR count). The lowest BCUT2D eigenvalue weighted by atomic mass is 9.88. The molecule has 160 valence electrons. The topological polar surface area (TPSA) is 33.2 Å². The van der Waals surface area contributed by atoms with Crippen molar-refractivity contribution in [2.24, 2.45) is 5.92 Å². The highest BCUT2D eigenvalue weighted by atomic mass is 15.1. The molecule has 3 aromatic rings. The van der Waals surface area contributed by atoms with Gasteiger partial charge < -0.3 is 9.47 Å². The Balaban J connectivity index is 1.52. The summed E-state index contributed by atoms with van der Waals surface area (Å²) in [6, 6.07) is 23.8. The van der Waals surface area contributed by atoms with Gasteiger partial charge in [-0.15, -0.1) is 0 Å². The summed E-state index contributed by atoms with van der Waals surface area (Å²) in [6.07, 6.45) is 9.05. The largest absolute Gasteiger partial charge is 0.342 e. The van der Waals surface area contributed by atoms with Crippen molar-refractivity contribution >= 4 is 0 Å². The molecule has 2 aromatic carbocycles. The van der Waals surface area contributed by atoms with Gasteiger partial charge in [-0.05, 0) is 43.5 Å². The molecule has 0 amide bonds. The fourth-order valence-electron chi connectivity index (χ4n) is 4.97. The third kappa shape index (κ3) is 5.87. The summed E-state index contributed by atoms with van der Waals surface area (Å²) in [4.78, 5) is 1.57. The van der Waals surface area contributed by atoms with Crippen LogP contribution in [0.1, 0.15) is 60.1 Å². The van der Waals surface area contributed by atoms with E-state index in [1.807, 2.05) is 12.1 Å². The zero-order valence-corrected chi connectivity index (χ0v) is 18.7. The molecule has 1 atom stereocenters. The molecule has 1 aliphatic rings. The Hall–Kier alpha value is -2.83. The molecular weight excluding hydrogens is 378 g/mol. The van der Waals surface area contributed by atoms with Crippen molar-refractivity contribution in [3.8, 4) is 6.07 Å². The van der Waals surface area contributed by atoms with Gasteiger partial charge in [0.1, 0.15) is 13.1 Å². The molecule has 1 N–H and O–H groups in total. The third-order valence-corrected chi connectivity index (χ3v) is 6.71. The lowest BCUT2D eigenvalue weighted by Gasteiger charge is -2.28. The molecule has 1 unspecified atom stereocenters. The van der Waals surface area contributed by atoms with Crippen LogP contribution in [-0.2, 0) is 19.6 Å². The summed E-state index contributed by atoms with van der Waals surface area (Å²) in [5, 5.41) is 9.57. The number of aromatic nitrogens is 1. The van der Waals surface area contributed by atoms with Crippen LogP contribution in [-0.4, -0.2) is 11.1 Å². The minimum absolute atomic E-state index is 0.804. The van der Waals surface area contributed by atoms with Crippen LogP contribution in [0.3, 0.4) is 0 Å². The lowest BCUT2D eigenvalue weighted by Crippen LogP contribution is -3.10. The third-order valence-electron chi connectivity index (χ3n) is 6.71. The first-order chi connectivity index (χ1) is 15.2. The number of nitrogens with zero attached hydrogens (tertiary/aromatic N) is 2. The van der Waals surface area contributed by atoms with E-state index in [9.17, 15) is 5.26 Å². The Labute approximate surface area is 186 Å². The summed E-state index contributed by atoms with van der Waals surface area (Å²) < 4.78 is 2.39. The van der Waals surface area contributed by atoms with Gasteiger partial charge >= 0.3 is 0 Å². The number of aryl methyl sites for hydroxylation is 1. The molecule has 1 saturated carbocycles. The second kappa shape index (κ2) is 10.5. The number of nitriles is 1. The van der Waals surface area contributed by atoms with Crippen LogP contribution < -0.4 is 4.90 Å². The van der Waals surface area contributed by atoms with Crippen molar-refractivity contribution in [3.63, 3.8) is 0 Å². The van der Waals surface area contributed by atoms with Crippen molar-refractivity contribution in [1.82, 2.24) is 4.57 Å². The van der Waals surface area contributed by atoms with Gasteiger partial charge in [-0.3, -0.25) is 0 Å². The number of quaternary nitrogens is 1. The van der Waals surface area contributed by atoms with Crippen LogP contribution in [0.5, 0.6) is 0 Å². The maximum Gasteiger partial charge on any atom is 0.118 e. The van der Waals surface area contributed by atoms with E-state index in [-0.39, 0.29) is 0 Å². The van der Waals surface area contributed by atoms with E-state index in [0.717, 1.165) is 31.1 Å². The molecule has 3 heteroatoms. The number of hydrogen-bond donors (Lipinski definition) is 1. The molecule has 0 bridgehead atoms. The van der Waals surface area contributed by atoms with Crippen LogP contribution >= 0.6 is 0 Å². The van der Waals surface area contributed by atoms with Gasteiger partial charge in [0.2, 0.25) is 0 Å². The van der Waals surface area contributed by atoms with Gasteiger partial charge in [0.25, 0.3) is 0 Å². The second-order valence-electron chi connectivity index (χ2n) is 9.19. The van der Waals surface area contributed by atoms with Gasteiger partial charge in [-0.2, -0.15) is 5.26 Å². The normalized spacial score (nSPS) is 15.5. The summed E-state index contributed by atoms with van der Waals surface area (Å²) >= 11 is 0. The number of hydrogen-bond acceptors (Lipinski definition) is 1. The Morgan fingerprint density at radius 3 is 2.48 bits per heavy atom. The SMILES string of the molecule is Cc1ccc(Cn2cccc2C[NH+](Cc2ccccc2C#N)CC2CCCCC2)cc1. The quantitative estimate of drug-likeness (QED) is 0.562. The summed E-state index contributed by atoms with van der Waals surface area (Å²) in [6.45, 7) is 6.14. The van der Waals surface area contributed by atoms with Crippen LogP contribution in [0.15, 0.2) is 66.9 Å². The van der Waals surface area contributed by atoms with Gasteiger partial charge in [0.15, 0.2) is 0 Å². The minimum Gasteiger partial charge on any atom is -0.342 e. The molecule has 1 heterocycles. The Bertz CT molecular complexity index is 1000. The first kappa shape index (κ1) is 21.4. The predicted molar refractivity (Wildman–Crippen MR) is 126 cm³/mol. The molecule has 3 nitrogen and oxygen atoms in total. The van der Waals surface area contributed by atoms with Gasteiger partial charge in [0.05, 0.1) is 23.9 Å². The molecule has 31 heavy (non-hydrogen) atoms. The zero-order chi connectivity index (χ0) is 21.5. The Morgan fingerprint density at radius 2 is 1.71 bits per heavy atom. The standard InChI is InChI=1S/C28H33N3/c1-23-13-15-25(16-14-23)20-31-17-7-12-28(31)22-30(19-24-8-3-2-4-9-24)21-27-11-6-5-10-26(27)18-29/h5-7,10-17,24H,2-4,8-9,19-22H2,1H3/p+1. The van der Waals surface area contributed by atoms with Crippen molar-refractivity contribution in [2.45, 2.75) is 58.7 Å². The molecule has 1 fully saturated rings. The van der Waals surface area contributed by atoms with Crippen molar-refractivity contribution in [3.05, 3.63) is 94.8 Å². The predicted octanol–water partition coefficient (Wildman–Crippen LogP) is 4.88. The fraction of sp³-hybridized carbons (Fsp3) is 0.393. The number of benzene rings is 2. The molecule has 1 aromatic heterocycles. The van der Waals surface area contributed by atoms with Crippen LogP contribution in [0.25, 0.3) is 0 Å². The van der Waals surface area contributed by atoms with Crippen molar-refractivity contribution in [1.29, 1.82) is 5.26 Å². The molecule has 1 aliphatic carbocycles. The van der Waals surface area contributed by atoms with Crippen LogP contribution in [0.4, 0.5) is 0 Å². The van der Waals surface area contributed by atoms with Gasteiger partial charge in [-0.25, -0.2) is 0 Å². The molecule has 0 spiro atoms. The summed E-state index contributed by atoms with van der Waals surface area (Å²) in [5.74, 6) is 0.804. The average Bonchev–Trinajstić information content (AvgIpc) is 3.23. The monoisotopic (exact) mass is 412 g/mol. The Kier molecular flexibility index (Phi) is 7.22. The second-order valence-corrected chi connectivity index (χ2v) is 9.19. The van der Waals surface area contributed by atoms with E-state index in [0.29, 0.717) is 0 Å². The lowest BCUT2D eigenvalue weighted by molar-refractivity contribution is -0.931. The zero-order valence-electron chi connectivity index (χ0n) is 18.7. The highest BCUT2D eigenvalue weighted by Crippen LogP contribution is 2.22. The van der Waals surface area contributed by atoms with E-state index >= 15 is 0 Å². The van der Waals surface area contributed by atoms with Crippen molar-refractivity contribution in [2.75, 3.05) is 6.54 Å². The highest BCUT2D eigenvalue weighted by molar-refractivity contribution is 5.36. The van der Waals surface area contributed by atoms with E-state index in [4.69, 9.17) is 0 Å². The number of nitrogens with one attached hydrogen (secondary N) is 1. The number of rotatable bonds is 8. The summed E-state index contributed by atoms with van der Waals surface area (Å²) in [5.41, 5.74) is 6.01. The summed E-state index contributed by atoms with van der Waals surface area (Å²) in [7, 11) is 0.